The molecule has 3 aromatic carbocycles. The third-order valence-electron chi connectivity index (χ3n) is 7.57. The Labute approximate surface area is 255 Å². The highest BCUT2D eigenvalue weighted by atomic mass is 16.5. The molecule has 0 bridgehead atoms. The number of esters is 1. The number of hydrogen-bond donors (Lipinski definition) is 5. The smallest absolute Gasteiger partial charge is 0.306 e. The molecule has 45 heavy (non-hydrogen) atoms. The quantitative estimate of drug-likeness (QED) is 0.120. The summed E-state index contributed by atoms with van der Waals surface area (Å²) in [5.74, 6) is -5.27. The Hall–Kier alpha value is -5.65. The van der Waals surface area contributed by atoms with E-state index in [1.807, 2.05) is 13.8 Å². The third kappa shape index (κ3) is 5.46. The van der Waals surface area contributed by atoms with Crippen molar-refractivity contribution >= 4 is 27.8 Å². The second-order valence-electron chi connectivity index (χ2n) is 11.0. The molecule has 0 spiro atoms. The van der Waals surface area contributed by atoms with Crippen LogP contribution in [0.25, 0.3) is 33.2 Å². The third-order valence-corrected chi connectivity index (χ3v) is 7.57. The molecule has 0 saturated carbocycles. The minimum atomic E-state index is -1.28. The lowest BCUT2D eigenvalue weighted by Gasteiger charge is -2.22. The van der Waals surface area contributed by atoms with E-state index in [0.717, 1.165) is 25.3 Å². The Kier molecular flexibility index (Phi) is 8.07. The number of benzene rings is 3. The van der Waals surface area contributed by atoms with E-state index >= 15 is 0 Å². The minimum absolute atomic E-state index is 0.0304. The van der Waals surface area contributed by atoms with Gasteiger partial charge in [0.2, 0.25) is 11.2 Å². The van der Waals surface area contributed by atoms with E-state index in [2.05, 4.69) is 0 Å². The number of aromatic nitrogens is 1. The molecule has 5 N–H and O–H groups in total. The number of rotatable bonds is 8. The fourth-order valence-electron chi connectivity index (χ4n) is 5.47. The van der Waals surface area contributed by atoms with Crippen LogP contribution in [0.5, 0.6) is 34.5 Å². The first kappa shape index (κ1) is 30.8. The number of fused-ring (bicyclic) bond motifs is 2. The fourth-order valence-corrected chi connectivity index (χ4v) is 5.47. The van der Waals surface area contributed by atoms with Crippen LogP contribution in [-0.2, 0) is 16.1 Å². The second-order valence-corrected chi connectivity index (χ2v) is 11.0. The van der Waals surface area contributed by atoms with Crippen molar-refractivity contribution in [1.29, 1.82) is 0 Å². The van der Waals surface area contributed by atoms with Gasteiger partial charge in [0.25, 0.3) is 5.56 Å². The highest BCUT2D eigenvalue weighted by molar-refractivity contribution is 5.92. The van der Waals surface area contributed by atoms with Gasteiger partial charge in [0.15, 0.2) is 17.3 Å². The van der Waals surface area contributed by atoms with Gasteiger partial charge in [-0.3, -0.25) is 14.4 Å². The maximum absolute atomic E-state index is 14.2. The highest BCUT2D eigenvalue weighted by Crippen LogP contribution is 2.45. The Morgan fingerprint density at radius 1 is 0.889 bits per heavy atom. The molecule has 2 heterocycles. The Morgan fingerprint density at radius 3 is 2.27 bits per heavy atom. The molecule has 0 fully saturated rings. The number of nitrogens with zero attached hydrogens (tertiary/aromatic N) is 1. The van der Waals surface area contributed by atoms with E-state index in [-0.39, 0.29) is 22.6 Å². The maximum Gasteiger partial charge on any atom is 0.306 e. The van der Waals surface area contributed by atoms with Gasteiger partial charge in [0.05, 0.1) is 26.2 Å². The second kappa shape index (κ2) is 11.8. The van der Waals surface area contributed by atoms with Gasteiger partial charge >= 0.3 is 5.97 Å². The molecule has 0 amide bonds. The van der Waals surface area contributed by atoms with Crippen molar-refractivity contribution in [2.45, 2.75) is 32.7 Å². The van der Waals surface area contributed by atoms with Crippen molar-refractivity contribution in [2.24, 2.45) is 5.92 Å². The van der Waals surface area contributed by atoms with Crippen LogP contribution in [0.3, 0.4) is 0 Å². The van der Waals surface area contributed by atoms with E-state index in [4.69, 9.17) is 13.9 Å². The van der Waals surface area contributed by atoms with E-state index in [9.17, 15) is 39.9 Å². The van der Waals surface area contributed by atoms with Crippen molar-refractivity contribution in [3.05, 3.63) is 80.2 Å². The molecular formula is C33H31NO11. The predicted molar refractivity (Wildman–Crippen MR) is 164 cm³/mol. The summed E-state index contributed by atoms with van der Waals surface area (Å²) in [6.07, 6.45) is -0.490. The zero-order chi connectivity index (χ0) is 32.7. The van der Waals surface area contributed by atoms with Gasteiger partial charge in [0, 0.05) is 40.6 Å². The van der Waals surface area contributed by atoms with Crippen molar-refractivity contribution in [3.63, 3.8) is 0 Å². The summed E-state index contributed by atoms with van der Waals surface area (Å²) >= 11 is 0. The van der Waals surface area contributed by atoms with Crippen LogP contribution in [0.4, 0.5) is 0 Å². The number of carbonyl (C=O) groups excluding carboxylic acids is 1. The fraction of sp³-hybridized carbons (Fsp3) is 0.242. The lowest BCUT2D eigenvalue weighted by Crippen LogP contribution is -2.29. The van der Waals surface area contributed by atoms with E-state index in [1.54, 1.807) is 28.8 Å². The summed E-state index contributed by atoms with van der Waals surface area (Å²) in [4.78, 5) is 40.5. The van der Waals surface area contributed by atoms with Crippen molar-refractivity contribution in [3.8, 4) is 45.8 Å². The molecule has 0 saturated heterocycles. The normalized spacial score (nSPS) is 12.1. The average molecular weight is 618 g/mol. The Morgan fingerprint density at radius 2 is 1.62 bits per heavy atom. The number of pyridine rings is 1. The standard InChI is InChI=1S/C33H31NO11/c1-15(2)14-34-21-7-6-18(43-3)9-17(21)10-20(33(34)42)19(12-26(39)44-4)27-24(37)13-25(38)28-29(40)30(41)31(45-32(27)28)16-5-8-22(35)23(36)11-16/h5-11,13,15,19,35-38,41H,12,14H2,1-4H3/t19-/m0/s1. The van der Waals surface area contributed by atoms with Crippen LogP contribution in [0.2, 0.25) is 0 Å². The SMILES string of the molecule is COC(=O)C[C@@H](c1cc2cc(OC)ccc2n(CC(C)C)c1=O)c1c(O)cc(O)c2c(=O)c(O)c(-c3ccc(O)c(O)c3)oc12. The number of phenolic OH excluding ortho intramolecular Hbond substituents is 4. The molecule has 5 rings (SSSR count). The Balaban J connectivity index is 1.91. The molecular weight excluding hydrogens is 586 g/mol. The summed E-state index contributed by atoms with van der Waals surface area (Å²) in [5.41, 5.74) is -1.59. The van der Waals surface area contributed by atoms with Crippen LogP contribution < -0.4 is 15.7 Å². The lowest BCUT2D eigenvalue weighted by molar-refractivity contribution is -0.140. The van der Waals surface area contributed by atoms with Gasteiger partial charge in [0.1, 0.15) is 28.2 Å². The summed E-state index contributed by atoms with van der Waals surface area (Å²) < 4.78 is 17.9. The highest BCUT2D eigenvalue weighted by Gasteiger charge is 2.32. The molecule has 12 nitrogen and oxygen atoms in total. The van der Waals surface area contributed by atoms with E-state index in [1.165, 1.54) is 13.2 Å². The van der Waals surface area contributed by atoms with Crippen molar-refractivity contribution in [2.75, 3.05) is 14.2 Å². The molecule has 2 aromatic heterocycles. The van der Waals surface area contributed by atoms with Crippen LogP contribution >= 0.6 is 0 Å². The summed E-state index contributed by atoms with van der Waals surface area (Å²) in [5, 5.41) is 52.7. The van der Waals surface area contributed by atoms with Gasteiger partial charge in [-0.05, 0) is 48.4 Å². The van der Waals surface area contributed by atoms with Crippen LogP contribution in [0, 0.1) is 5.92 Å². The number of carbonyl (C=O) groups is 1. The van der Waals surface area contributed by atoms with Gasteiger partial charge in [-0.15, -0.1) is 0 Å². The first-order valence-electron chi connectivity index (χ1n) is 13.9. The topological polar surface area (TPSA) is 189 Å². The largest absolute Gasteiger partial charge is 0.507 e. The minimum Gasteiger partial charge on any atom is -0.507 e. The number of aromatic hydroxyl groups is 5. The molecule has 0 aliphatic carbocycles. The molecule has 0 aliphatic heterocycles. The number of phenols is 4. The zero-order valence-electron chi connectivity index (χ0n) is 24.8. The summed E-state index contributed by atoms with van der Waals surface area (Å²) in [6, 6.07) is 11.0. The average Bonchev–Trinajstić information content (AvgIpc) is 3.00. The van der Waals surface area contributed by atoms with E-state index < -0.39 is 74.8 Å². The van der Waals surface area contributed by atoms with Gasteiger partial charge in [-0.25, -0.2) is 0 Å². The first-order chi connectivity index (χ1) is 21.4. The maximum atomic E-state index is 14.2. The molecule has 0 aliphatic rings. The molecule has 0 unspecified atom stereocenters. The number of ether oxygens (including phenoxy) is 2. The van der Waals surface area contributed by atoms with Crippen molar-refractivity contribution in [1.82, 2.24) is 4.57 Å². The zero-order valence-corrected chi connectivity index (χ0v) is 24.8. The summed E-state index contributed by atoms with van der Waals surface area (Å²) in [6.45, 7) is 4.17. The van der Waals surface area contributed by atoms with Crippen LogP contribution in [0.15, 0.2) is 62.5 Å². The predicted octanol–water partition coefficient (Wildman–Crippen LogP) is 4.66. The monoisotopic (exact) mass is 617 g/mol. The summed E-state index contributed by atoms with van der Waals surface area (Å²) in [7, 11) is 2.65. The van der Waals surface area contributed by atoms with Gasteiger partial charge < -0.3 is 44.0 Å². The van der Waals surface area contributed by atoms with Gasteiger partial charge in [-0.1, -0.05) is 13.8 Å². The van der Waals surface area contributed by atoms with Crippen LogP contribution in [0.1, 0.15) is 37.3 Å². The van der Waals surface area contributed by atoms with Crippen LogP contribution in [-0.4, -0.2) is 50.3 Å². The molecule has 12 heteroatoms. The molecule has 1 atom stereocenters. The molecule has 5 aromatic rings. The first-order valence-corrected chi connectivity index (χ1v) is 13.9. The molecule has 234 valence electrons. The lowest BCUT2D eigenvalue weighted by atomic mass is 9.86. The van der Waals surface area contributed by atoms with Crippen molar-refractivity contribution < 1.29 is 44.2 Å². The van der Waals surface area contributed by atoms with E-state index in [0.29, 0.717) is 23.2 Å². The number of methoxy groups -OCH3 is 2. The molecule has 0 radical (unpaired) electrons. The number of hydrogen-bond acceptors (Lipinski definition) is 11. The Bertz CT molecular complexity index is 2090. The van der Waals surface area contributed by atoms with Gasteiger partial charge in [-0.2, -0.15) is 0 Å².